The number of methoxy groups -OCH3 is 1. The number of rotatable bonds is 5. The Morgan fingerprint density at radius 1 is 1.18 bits per heavy atom. The number of nitrogens with one attached hydrogen (secondary N) is 1. The van der Waals surface area contributed by atoms with E-state index in [0.717, 1.165) is 16.6 Å². The lowest BCUT2D eigenvalue weighted by Gasteiger charge is -2.32. The van der Waals surface area contributed by atoms with Crippen LogP contribution in [0.2, 0.25) is 0 Å². The van der Waals surface area contributed by atoms with Crippen LogP contribution in [0.25, 0.3) is 0 Å². The molecule has 2 heterocycles. The molecule has 7 nitrogen and oxygen atoms in total. The normalized spacial score (nSPS) is 21.1. The lowest BCUT2D eigenvalue weighted by Crippen LogP contribution is -2.41. The molecule has 11 heteroatoms. The second-order valence-corrected chi connectivity index (χ2v) is 9.17. The number of carbonyl (C=O) groups excluding carboxylic acids is 1. The first-order valence-corrected chi connectivity index (χ1v) is 10.6. The number of hydrogen-bond acceptors (Lipinski definition) is 7. The molecule has 33 heavy (non-hydrogen) atoms. The van der Waals surface area contributed by atoms with Crippen molar-refractivity contribution in [3.8, 4) is 5.88 Å². The molecule has 1 unspecified atom stereocenters. The third-order valence-corrected chi connectivity index (χ3v) is 6.59. The maximum atomic E-state index is 13.7. The van der Waals surface area contributed by atoms with Gasteiger partial charge in [0.25, 0.3) is 0 Å². The van der Waals surface area contributed by atoms with E-state index in [1.54, 1.807) is 0 Å². The number of halogens is 3. The van der Waals surface area contributed by atoms with Crippen molar-refractivity contribution in [2.24, 2.45) is 0 Å². The highest BCUT2D eigenvalue weighted by molar-refractivity contribution is 6.62. The van der Waals surface area contributed by atoms with Crippen molar-refractivity contribution in [3.05, 3.63) is 40.7 Å². The van der Waals surface area contributed by atoms with Crippen LogP contribution in [0.5, 0.6) is 5.88 Å². The molecule has 1 N–H and O–H groups in total. The maximum Gasteiger partial charge on any atom is 0.495 e. The Labute approximate surface area is 190 Å². The summed E-state index contributed by atoms with van der Waals surface area (Å²) in [5.41, 5.74) is -0.102. The SMILES string of the molecule is COc1nc(NC2CCc3c(B4OC(C)(C)C(C)(C)O4)cccc32)c(C(F)(F)F)nc1C=O. The summed E-state index contributed by atoms with van der Waals surface area (Å²) in [4.78, 5) is 18.5. The van der Waals surface area contributed by atoms with Gasteiger partial charge in [-0.25, -0.2) is 4.98 Å². The number of anilines is 1. The summed E-state index contributed by atoms with van der Waals surface area (Å²) in [6, 6.07) is 5.19. The number of carbonyl (C=O) groups is 1. The van der Waals surface area contributed by atoms with Crippen molar-refractivity contribution in [3.63, 3.8) is 0 Å². The number of aldehydes is 1. The molecule has 1 saturated heterocycles. The van der Waals surface area contributed by atoms with Gasteiger partial charge in [0.1, 0.15) is 0 Å². The lowest BCUT2D eigenvalue weighted by molar-refractivity contribution is -0.140. The second kappa shape index (κ2) is 7.98. The Hall–Kier alpha value is -2.66. The molecule has 1 aliphatic carbocycles. The van der Waals surface area contributed by atoms with Gasteiger partial charge in [0.2, 0.25) is 5.88 Å². The van der Waals surface area contributed by atoms with Crippen molar-refractivity contribution in [2.75, 3.05) is 12.4 Å². The quantitative estimate of drug-likeness (QED) is 0.535. The van der Waals surface area contributed by atoms with Gasteiger partial charge in [0.15, 0.2) is 23.5 Å². The van der Waals surface area contributed by atoms with Crippen LogP contribution in [0.4, 0.5) is 19.0 Å². The molecule has 1 aliphatic heterocycles. The van der Waals surface area contributed by atoms with E-state index in [0.29, 0.717) is 12.8 Å². The molecule has 0 bridgehead atoms. The number of benzene rings is 1. The van der Waals surface area contributed by atoms with Crippen molar-refractivity contribution in [1.29, 1.82) is 0 Å². The van der Waals surface area contributed by atoms with E-state index in [9.17, 15) is 18.0 Å². The zero-order valence-electron chi connectivity index (χ0n) is 19.0. The fourth-order valence-electron chi connectivity index (χ4n) is 4.15. The Bertz CT molecular complexity index is 1080. The molecule has 0 saturated carbocycles. The second-order valence-electron chi connectivity index (χ2n) is 9.17. The number of alkyl halides is 3. The minimum atomic E-state index is -4.80. The molecule has 1 atom stereocenters. The number of nitrogens with zero attached hydrogens (tertiary/aromatic N) is 2. The molecule has 2 aromatic rings. The van der Waals surface area contributed by atoms with Crippen molar-refractivity contribution in [2.45, 2.75) is 64.0 Å². The van der Waals surface area contributed by atoms with Gasteiger partial charge in [-0.2, -0.15) is 18.2 Å². The lowest BCUT2D eigenvalue weighted by atomic mass is 9.75. The smallest absolute Gasteiger partial charge is 0.479 e. The average Bonchev–Trinajstić information content (AvgIpc) is 3.23. The summed E-state index contributed by atoms with van der Waals surface area (Å²) in [6.45, 7) is 7.87. The molecule has 0 spiro atoms. The van der Waals surface area contributed by atoms with Crippen LogP contribution in [-0.2, 0) is 21.9 Å². The van der Waals surface area contributed by atoms with Crippen LogP contribution >= 0.6 is 0 Å². The fourth-order valence-corrected chi connectivity index (χ4v) is 4.15. The van der Waals surface area contributed by atoms with E-state index in [2.05, 4.69) is 15.3 Å². The van der Waals surface area contributed by atoms with Gasteiger partial charge in [0, 0.05) is 0 Å². The van der Waals surface area contributed by atoms with Crippen LogP contribution < -0.4 is 15.5 Å². The Morgan fingerprint density at radius 3 is 2.42 bits per heavy atom. The molecule has 1 aromatic carbocycles. The Balaban J connectivity index is 1.69. The third-order valence-electron chi connectivity index (χ3n) is 6.59. The van der Waals surface area contributed by atoms with Crippen LogP contribution in [0.3, 0.4) is 0 Å². The monoisotopic (exact) mass is 463 g/mol. The molecule has 1 fully saturated rings. The van der Waals surface area contributed by atoms with Gasteiger partial charge in [0.05, 0.1) is 24.4 Å². The van der Waals surface area contributed by atoms with E-state index >= 15 is 0 Å². The van der Waals surface area contributed by atoms with Gasteiger partial charge in [-0.05, 0) is 57.1 Å². The van der Waals surface area contributed by atoms with Gasteiger partial charge in [-0.3, -0.25) is 4.79 Å². The van der Waals surface area contributed by atoms with E-state index in [-0.39, 0.29) is 12.2 Å². The third kappa shape index (κ3) is 4.08. The van der Waals surface area contributed by atoms with Crippen LogP contribution in [0.15, 0.2) is 18.2 Å². The highest BCUT2D eigenvalue weighted by atomic mass is 19.4. The summed E-state index contributed by atoms with van der Waals surface area (Å²) in [5, 5.41) is 2.88. The highest BCUT2D eigenvalue weighted by Crippen LogP contribution is 2.40. The van der Waals surface area contributed by atoms with Gasteiger partial charge in [-0.15, -0.1) is 0 Å². The summed E-state index contributed by atoms with van der Waals surface area (Å²) in [7, 11) is 0.650. The minimum Gasteiger partial charge on any atom is -0.479 e. The van der Waals surface area contributed by atoms with Gasteiger partial charge >= 0.3 is 13.3 Å². The molecular formula is C22H25BF3N3O4. The predicted molar refractivity (Wildman–Crippen MR) is 116 cm³/mol. The van der Waals surface area contributed by atoms with Crippen molar-refractivity contribution >= 4 is 24.7 Å². The number of ether oxygens (including phenoxy) is 1. The molecule has 2 aliphatic rings. The summed E-state index contributed by atoms with van der Waals surface area (Å²) in [5.74, 6) is -0.756. The van der Waals surface area contributed by atoms with E-state index < -0.39 is 47.7 Å². The van der Waals surface area contributed by atoms with Crippen molar-refractivity contribution < 1.29 is 32.0 Å². The Kier molecular flexibility index (Phi) is 5.69. The fraction of sp³-hybridized carbons (Fsp3) is 0.500. The number of hydrogen-bond donors (Lipinski definition) is 1. The number of aromatic nitrogens is 2. The standard InChI is InChI=1S/C22H25BF3N3O4/c1-20(2)21(3,4)33-23(32-20)14-8-6-7-13-12(14)9-10-15(13)28-18-17(22(24,25)26)27-16(11-30)19(29-18)31-5/h6-8,11,15H,9-10H2,1-5H3,(H,28,29). The maximum absolute atomic E-state index is 13.7. The predicted octanol–water partition coefficient (Wildman–Crippen LogP) is 3.72. The minimum absolute atomic E-state index is 0.187. The topological polar surface area (TPSA) is 82.6 Å². The molecule has 0 amide bonds. The molecular weight excluding hydrogens is 438 g/mol. The first kappa shape index (κ1) is 23.5. The van der Waals surface area contributed by atoms with Crippen molar-refractivity contribution in [1.82, 2.24) is 9.97 Å². The first-order valence-electron chi connectivity index (χ1n) is 10.6. The van der Waals surface area contributed by atoms with Gasteiger partial charge in [-0.1, -0.05) is 18.2 Å². The first-order chi connectivity index (χ1) is 15.4. The molecule has 0 radical (unpaired) electrons. The molecule has 1 aromatic heterocycles. The van der Waals surface area contributed by atoms with Gasteiger partial charge < -0.3 is 19.4 Å². The summed E-state index contributed by atoms with van der Waals surface area (Å²) in [6.07, 6.45) is -3.44. The summed E-state index contributed by atoms with van der Waals surface area (Å²) < 4.78 is 58.3. The van der Waals surface area contributed by atoms with E-state index in [1.807, 2.05) is 45.9 Å². The highest BCUT2D eigenvalue weighted by Gasteiger charge is 2.52. The van der Waals surface area contributed by atoms with Crippen LogP contribution in [0.1, 0.15) is 67.5 Å². The van der Waals surface area contributed by atoms with E-state index in [1.165, 1.54) is 7.11 Å². The largest absolute Gasteiger partial charge is 0.495 e. The van der Waals surface area contributed by atoms with E-state index in [4.69, 9.17) is 14.0 Å². The number of fused-ring (bicyclic) bond motifs is 1. The molecule has 176 valence electrons. The summed E-state index contributed by atoms with van der Waals surface area (Å²) >= 11 is 0. The van der Waals surface area contributed by atoms with Crippen LogP contribution in [-0.4, -0.2) is 41.7 Å². The Morgan fingerprint density at radius 2 is 1.85 bits per heavy atom. The zero-order chi connectivity index (χ0) is 24.2. The van der Waals surface area contributed by atoms with Crippen LogP contribution in [0, 0.1) is 0 Å². The average molecular weight is 463 g/mol. The zero-order valence-corrected chi connectivity index (χ0v) is 19.0. The molecule has 4 rings (SSSR count).